The van der Waals surface area contributed by atoms with Gasteiger partial charge in [-0.25, -0.2) is 0 Å². The molecule has 6 nitrogen and oxygen atoms in total. The Morgan fingerprint density at radius 2 is 1.83 bits per heavy atom. The van der Waals surface area contributed by atoms with Crippen LogP contribution < -0.4 is 5.32 Å². The number of nitrogens with zero attached hydrogens (tertiary/aromatic N) is 2. The highest BCUT2D eigenvalue weighted by atomic mass is 35.5. The Hall–Kier alpha value is -3.33. The van der Waals surface area contributed by atoms with Crippen molar-refractivity contribution in [3.8, 4) is 0 Å². The van der Waals surface area contributed by atoms with Gasteiger partial charge < -0.3 is 9.88 Å². The molecule has 35 heavy (non-hydrogen) atoms. The Kier molecular flexibility index (Phi) is 6.77. The minimum Gasteiger partial charge on any atom is -0.350 e. The number of thiophene rings is 1. The molecule has 1 aliphatic rings. The number of nitrogens with one attached hydrogen (secondary N) is 1. The van der Waals surface area contributed by atoms with E-state index < -0.39 is 0 Å². The second-order valence-corrected chi connectivity index (χ2v) is 10.4. The van der Waals surface area contributed by atoms with Crippen molar-refractivity contribution in [1.29, 1.82) is 0 Å². The summed E-state index contributed by atoms with van der Waals surface area (Å²) in [7, 11) is 0. The van der Waals surface area contributed by atoms with Crippen LogP contribution in [0.3, 0.4) is 0 Å². The number of fused-ring (bicyclic) bond motifs is 1. The molecule has 0 radical (unpaired) electrons. The maximum absolute atomic E-state index is 13.0. The van der Waals surface area contributed by atoms with Crippen LogP contribution in [0.2, 0.25) is 5.02 Å². The van der Waals surface area contributed by atoms with Gasteiger partial charge in [0.2, 0.25) is 5.91 Å². The highest BCUT2D eigenvalue weighted by molar-refractivity contribution is 8.18. The molecule has 176 valence electrons. The van der Waals surface area contributed by atoms with Crippen LogP contribution in [0.5, 0.6) is 0 Å². The average molecular weight is 522 g/mol. The summed E-state index contributed by atoms with van der Waals surface area (Å²) >= 11 is 8.45. The SMILES string of the molecule is O=C(Cn1cc(/C=C2\SC(=O)N(Cc3ccc(Cl)cc3)C2=O)c2ccccc21)NCc1cccs1. The van der Waals surface area contributed by atoms with Crippen LogP contribution in [0, 0.1) is 0 Å². The molecule has 5 rings (SSSR count). The molecule has 0 spiro atoms. The van der Waals surface area contributed by atoms with Gasteiger partial charge in [0.15, 0.2) is 0 Å². The van der Waals surface area contributed by atoms with Crippen molar-refractivity contribution in [2.75, 3.05) is 0 Å². The lowest BCUT2D eigenvalue weighted by Gasteiger charge is -2.12. The number of hydrogen-bond donors (Lipinski definition) is 1. The molecule has 1 aliphatic heterocycles. The number of thioether (sulfide) groups is 1. The van der Waals surface area contributed by atoms with Crippen molar-refractivity contribution in [3.63, 3.8) is 0 Å². The molecule has 0 atom stereocenters. The van der Waals surface area contributed by atoms with Gasteiger partial charge in [0, 0.05) is 32.6 Å². The number of rotatable bonds is 7. The fourth-order valence-electron chi connectivity index (χ4n) is 3.88. The largest absolute Gasteiger partial charge is 0.350 e. The van der Waals surface area contributed by atoms with Crippen LogP contribution in [0.15, 0.2) is 77.1 Å². The summed E-state index contributed by atoms with van der Waals surface area (Å²) in [5.41, 5.74) is 2.48. The van der Waals surface area contributed by atoms with E-state index in [2.05, 4.69) is 5.32 Å². The number of imide groups is 1. The molecule has 3 heterocycles. The van der Waals surface area contributed by atoms with Gasteiger partial charge in [-0.1, -0.05) is 48.0 Å². The third-order valence-corrected chi connectivity index (χ3v) is 7.62. The summed E-state index contributed by atoms with van der Waals surface area (Å²) < 4.78 is 1.86. The molecule has 1 fully saturated rings. The van der Waals surface area contributed by atoms with E-state index in [1.165, 1.54) is 4.90 Å². The van der Waals surface area contributed by atoms with Gasteiger partial charge in [-0.2, -0.15) is 0 Å². The highest BCUT2D eigenvalue weighted by Crippen LogP contribution is 2.35. The quantitative estimate of drug-likeness (QED) is 0.307. The summed E-state index contributed by atoms with van der Waals surface area (Å²) in [4.78, 5) is 40.9. The number of para-hydroxylation sites is 1. The third-order valence-electron chi connectivity index (χ3n) is 5.59. The zero-order valence-corrected chi connectivity index (χ0v) is 20.8. The zero-order valence-electron chi connectivity index (χ0n) is 18.4. The summed E-state index contributed by atoms with van der Waals surface area (Å²) in [6.45, 7) is 0.826. The lowest BCUT2D eigenvalue weighted by Crippen LogP contribution is -2.27. The average Bonchev–Trinajstić information content (AvgIpc) is 3.56. The van der Waals surface area contributed by atoms with Crippen molar-refractivity contribution >= 4 is 68.7 Å². The van der Waals surface area contributed by atoms with Crippen molar-refractivity contribution in [2.45, 2.75) is 19.6 Å². The number of amides is 3. The van der Waals surface area contributed by atoms with Gasteiger partial charge in [-0.15, -0.1) is 11.3 Å². The topological polar surface area (TPSA) is 71.4 Å². The molecule has 2 aromatic carbocycles. The molecule has 2 aromatic heterocycles. The number of benzene rings is 2. The van der Waals surface area contributed by atoms with Crippen LogP contribution in [0.4, 0.5) is 4.79 Å². The van der Waals surface area contributed by atoms with E-state index in [1.807, 2.05) is 52.5 Å². The molecule has 1 N–H and O–H groups in total. The second kappa shape index (κ2) is 10.1. The van der Waals surface area contributed by atoms with E-state index >= 15 is 0 Å². The van der Waals surface area contributed by atoms with Crippen molar-refractivity contribution in [1.82, 2.24) is 14.8 Å². The van der Waals surface area contributed by atoms with E-state index in [0.29, 0.717) is 16.5 Å². The number of carbonyl (C=O) groups is 3. The molecule has 0 bridgehead atoms. The monoisotopic (exact) mass is 521 g/mol. The first-order valence-corrected chi connectivity index (χ1v) is 12.9. The van der Waals surface area contributed by atoms with Gasteiger partial charge in [0.05, 0.1) is 18.0 Å². The predicted octanol–water partition coefficient (Wildman–Crippen LogP) is 5.91. The second-order valence-electron chi connectivity index (χ2n) is 7.98. The predicted molar refractivity (Wildman–Crippen MR) is 141 cm³/mol. The number of hydrogen-bond acceptors (Lipinski definition) is 5. The fraction of sp³-hybridized carbons (Fsp3) is 0.115. The number of halogens is 1. The molecule has 0 saturated carbocycles. The molecular weight excluding hydrogens is 502 g/mol. The summed E-state index contributed by atoms with van der Waals surface area (Å²) in [6, 6.07) is 18.7. The van der Waals surface area contributed by atoms with E-state index in [4.69, 9.17) is 11.6 Å². The fourth-order valence-corrected chi connectivity index (χ4v) is 5.48. The Morgan fingerprint density at radius 3 is 2.60 bits per heavy atom. The molecule has 1 saturated heterocycles. The molecule has 9 heteroatoms. The van der Waals surface area contributed by atoms with Crippen LogP contribution in [0.25, 0.3) is 17.0 Å². The normalized spacial score (nSPS) is 14.9. The Morgan fingerprint density at radius 1 is 1.03 bits per heavy atom. The smallest absolute Gasteiger partial charge is 0.293 e. The Bertz CT molecular complexity index is 1440. The number of carbonyl (C=O) groups excluding carboxylic acids is 3. The zero-order chi connectivity index (χ0) is 24.4. The minimum absolute atomic E-state index is 0.103. The van der Waals surface area contributed by atoms with Crippen LogP contribution in [-0.2, 0) is 29.2 Å². The Balaban J connectivity index is 1.36. The van der Waals surface area contributed by atoms with Crippen LogP contribution in [0.1, 0.15) is 16.0 Å². The molecule has 3 amide bonds. The first-order valence-electron chi connectivity index (χ1n) is 10.8. The van der Waals surface area contributed by atoms with Gasteiger partial charge in [0.25, 0.3) is 11.1 Å². The van der Waals surface area contributed by atoms with E-state index in [-0.39, 0.29) is 30.1 Å². The minimum atomic E-state index is -0.333. The van der Waals surface area contributed by atoms with Crippen molar-refractivity contribution in [2.24, 2.45) is 0 Å². The van der Waals surface area contributed by atoms with Crippen molar-refractivity contribution < 1.29 is 14.4 Å². The van der Waals surface area contributed by atoms with Crippen molar-refractivity contribution in [3.05, 3.63) is 98.2 Å². The lowest BCUT2D eigenvalue weighted by molar-refractivity contribution is -0.123. The molecular formula is C26H20ClN3O3S2. The van der Waals surface area contributed by atoms with Gasteiger partial charge in [-0.05, 0) is 53.0 Å². The van der Waals surface area contributed by atoms with Gasteiger partial charge >= 0.3 is 0 Å². The first-order chi connectivity index (χ1) is 17.0. The van der Waals surface area contributed by atoms with E-state index in [0.717, 1.165) is 38.7 Å². The summed E-state index contributed by atoms with van der Waals surface area (Å²) in [5.74, 6) is -0.436. The standard InChI is InChI=1S/C26H20ClN3O3S2/c27-19-9-7-17(8-10-19)14-30-25(32)23(35-26(30)33)12-18-15-29(22-6-2-1-5-21(18)22)16-24(31)28-13-20-4-3-11-34-20/h1-12,15H,13-14,16H2,(H,28,31)/b23-12-. The highest BCUT2D eigenvalue weighted by Gasteiger charge is 2.35. The van der Waals surface area contributed by atoms with E-state index in [1.54, 1.807) is 41.7 Å². The molecule has 0 unspecified atom stereocenters. The lowest BCUT2D eigenvalue weighted by atomic mass is 10.1. The number of aromatic nitrogens is 1. The van der Waals surface area contributed by atoms with Crippen LogP contribution >= 0.6 is 34.7 Å². The van der Waals surface area contributed by atoms with Crippen LogP contribution in [-0.4, -0.2) is 26.5 Å². The molecule has 0 aliphatic carbocycles. The summed E-state index contributed by atoms with van der Waals surface area (Å²) in [6.07, 6.45) is 3.58. The Labute approximate surface area is 215 Å². The maximum atomic E-state index is 13.0. The third kappa shape index (κ3) is 5.19. The first kappa shape index (κ1) is 23.4. The van der Waals surface area contributed by atoms with Gasteiger partial charge in [0.1, 0.15) is 6.54 Å². The van der Waals surface area contributed by atoms with Gasteiger partial charge in [-0.3, -0.25) is 19.3 Å². The van der Waals surface area contributed by atoms with E-state index in [9.17, 15) is 14.4 Å². The maximum Gasteiger partial charge on any atom is 0.293 e. The molecule has 4 aromatic rings. The summed E-state index contributed by atoms with van der Waals surface area (Å²) in [5, 5.41) is 6.11.